The fourth-order valence-corrected chi connectivity index (χ4v) is 1.24. The maximum Gasteiger partial charge on any atom is 0.247 e. The Morgan fingerprint density at radius 2 is 2.31 bits per heavy atom. The zero-order valence-electron chi connectivity index (χ0n) is 8.59. The van der Waals surface area contributed by atoms with Gasteiger partial charge in [-0.2, -0.15) is 10.1 Å². The van der Waals surface area contributed by atoms with Crippen LogP contribution in [-0.4, -0.2) is 19.7 Å². The number of nitrogens with two attached hydrogens (primary N) is 1. The van der Waals surface area contributed by atoms with Crippen LogP contribution in [0.2, 0.25) is 5.28 Å². The minimum absolute atomic E-state index is 0.0899. The number of aromatic nitrogens is 4. The molecule has 2 rings (SSSR count). The predicted octanol–water partition coefficient (Wildman–Crippen LogP) is 1.72. The zero-order chi connectivity index (χ0) is 11.5. The van der Waals surface area contributed by atoms with Crippen LogP contribution in [0.15, 0.2) is 18.6 Å². The van der Waals surface area contributed by atoms with Crippen LogP contribution >= 0.6 is 11.6 Å². The molecule has 6 nitrogen and oxygen atoms in total. The molecule has 0 saturated carbocycles. The van der Waals surface area contributed by atoms with E-state index in [1.807, 2.05) is 6.92 Å². The minimum atomic E-state index is 0.0899. The molecule has 0 amide bonds. The summed E-state index contributed by atoms with van der Waals surface area (Å²) in [6.07, 6.45) is 4.73. The molecule has 2 heterocycles. The summed E-state index contributed by atoms with van der Waals surface area (Å²) in [7, 11) is 0. The molecule has 2 N–H and O–H groups in total. The molecule has 0 aliphatic rings. The molecule has 0 atom stereocenters. The number of nitrogen functional groups attached to an aromatic ring is 1. The largest absolute Gasteiger partial charge is 0.434 e. The SMILES string of the molecule is CCn1cc(Oc2nc(Cl)ncc2N)cn1. The fraction of sp³-hybridized carbons (Fsp3) is 0.222. The zero-order valence-corrected chi connectivity index (χ0v) is 9.35. The second-order valence-electron chi connectivity index (χ2n) is 3.03. The summed E-state index contributed by atoms with van der Waals surface area (Å²) in [5.41, 5.74) is 5.97. The van der Waals surface area contributed by atoms with Crippen molar-refractivity contribution in [3.63, 3.8) is 0 Å². The van der Waals surface area contributed by atoms with Crippen LogP contribution in [0.1, 0.15) is 6.92 Å². The van der Waals surface area contributed by atoms with Crippen molar-refractivity contribution in [1.82, 2.24) is 19.7 Å². The molecule has 0 saturated heterocycles. The monoisotopic (exact) mass is 239 g/mol. The first kappa shape index (κ1) is 10.7. The Morgan fingerprint density at radius 3 is 3.00 bits per heavy atom. The van der Waals surface area contributed by atoms with E-state index >= 15 is 0 Å². The van der Waals surface area contributed by atoms with E-state index in [9.17, 15) is 0 Å². The van der Waals surface area contributed by atoms with Gasteiger partial charge in [-0.15, -0.1) is 0 Å². The second-order valence-corrected chi connectivity index (χ2v) is 3.37. The van der Waals surface area contributed by atoms with Gasteiger partial charge in [0.25, 0.3) is 0 Å². The van der Waals surface area contributed by atoms with Gasteiger partial charge in [0.05, 0.1) is 18.6 Å². The maximum atomic E-state index is 5.64. The maximum absolute atomic E-state index is 5.64. The molecule has 84 valence electrons. The Hall–Kier alpha value is -1.82. The molecule has 2 aromatic heterocycles. The topological polar surface area (TPSA) is 78.8 Å². The summed E-state index contributed by atoms with van der Waals surface area (Å²) in [5.74, 6) is 0.791. The molecular formula is C9H10ClN5O. The van der Waals surface area contributed by atoms with E-state index in [1.165, 1.54) is 6.20 Å². The first-order valence-electron chi connectivity index (χ1n) is 4.67. The lowest BCUT2D eigenvalue weighted by Gasteiger charge is -2.03. The Morgan fingerprint density at radius 1 is 1.50 bits per heavy atom. The number of halogens is 1. The third kappa shape index (κ3) is 2.22. The van der Waals surface area contributed by atoms with Gasteiger partial charge in [0.1, 0.15) is 5.69 Å². The number of anilines is 1. The molecule has 0 aromatic carbocycles. The smallest absolute Gasteiger partial charge is 0.247 e. The summed E-state index contributed by atoms with van der Waals surface area (Å²) in [5, 5.41) is 4.15. The van der Waals surface area contributed by atoms with Crippen LogP contribution in [0.5, 0.6) is 11.6 Å². The van der Waals surface area contributed by atoms with Crippen LogP contribution in [0.3, 0.4) is 0 Å². The van der Waals surface area contributed by atoms with Crippen LogP contribution in [0, 0.1) is 0 Å². The quantitative estimate of drug-likeness (QED) is 0.825. The third-order valence-electron chi connectivity index (χ3n) is 1.90. The van der Waals surface area contributed by atoms with Crippen molar-refractivity contribution in [1.29, 1.82) is 0 Å². The summed E-state index contributed by atoms with van der Waals surface area (Å²) < 4.78 is 7.16. The molecule has 0 unspecified atom stereocenters. The van der Waals surface area contributed by atoms with Gasteiger partial charge in [-0.3, -0.25) is 4.68 Å². The van der Waals surface area contributed by atoms with Crippen molar-refractivity contribution in [2.75, 3.05) is 5.73 Å². The molecule has 0 radical (unpaired) electrons. The Bertz CT molecular complexity index is 498. The Balaban J connectivity index is 2.22. The lowest BCUT2D eigenvalue weighted by Crippen LogP contribution is -1.96. The van der Waals surface area contributed by atoms with E-state index in [2.05, 4.69) is 15.1 Å². The summed E-state index contributed by atoms with van der Waals surface area (Å²) in [4.78, 5) is 7.60. The van der Waals surface area contributed by atoms with Crippen molar-refractivity contribution in [2.45, 2.75) is 13.5 Å². The van der Waals surface area contributed by atoms with E-state index in [0.717, 1.165) is 6.54 Å². The fourth-order valence-electron chi connectivity index (χ4n) is 1.12. The summed E-state index contributed by atoms with van der Waals surface area (Å²) in [6.45, 7) is 2.75. The molecular weight excluding hydrogens is 230 g/mol. The molecule has 0 fully saturated rings. The average molecular weight is 240 g/mol. The molecule has 0 spiro atoms. The molecule has 2 aromatic rings. The van der Waals surface area contributed by atoms with Crippen molar-refractivity contribution in [3.8, 4) is 11.6 Å². The first-order valence-corrected chi connectivity index (χ1v) is 5.05. The number of hydrogen-bond acceptors (Lipinski definition) is 5. The summed E-state index contributed by atoms with van der Waals surface area (Å²) >= 11 is 5.64. The highest BCUT2D eigenvalue weighted by atomic mass is 35.5. The average Bonchev–Trinajstić information content (AvgIpc) is 2.71. The van der Waals surface area contributed by atoms with Crippen molar-refractivity contribution < 1.29 is 4.74 Å². The van der Waals surface area contributed by atoms with E-state index in [-0.39, 0.29) is 11.2 Å². The van der Waals surface area contributed by atoms with Gasteiger partial charge in [0, 0.05) is 6.54 Å². The van der Waals surface area contributed by atoms with Gasteiger partial charge in [0.2, 0.25) is 11.2 Å². The molecule has 0 aliphatic heterocycles. The van der Waals surface area contributed by atoms with Crippen LogP contribution in [0.25, 0.3) is 0 Å². The van der Waals surface area contributed by atoms with Crippen molar-refractivity contribution in [3.05, 3.63) is 23.9 Å². The van der Waals surface area contributed by atoms with E-state index in [0.29, 0.717) is 11.4 Å². The van der Waals surface area contributed by atoms with E-state index < -0.39 is 0 Å². The Kier molecular flexibility index (Phi) is 2.91. The molecule has 0 bridgehead atoms. The first-order chi connectivity index (χ1) is 7.69. The molecule has 16 heavy (non-hydrogen) atoms. The number of hydrogen-bond donors (Lipinski definition) is 1. The predicted molar refractivity (Wildman–Crippen MR) is 59.4 cm³/mol. The summed E-state index contributed by atoms with van der Waals surface area (Å²) in [6, 6.07) is 0. The highest BCUT2D eigenvalue weighted by molar-refractivity contribution is 6.28. The highest BCUT2D eigenvalue weighted by Gasteiger charge is 2.07. The Labute approximate surface area is 97.0 Å². The highest BCUT2D eigenvalue weighted by Crippen LogP contribution is 2.24. The van der Waals surface area contributed by atoms with Crippen molar-refractivity contribution in [2.24, 2.45) is 0 Å². The van der Waals surface area contributed by atoms with Gasteiger partial charge in [0.15, 0.2) is 5.75 Å². The third-order valence-corrected chi connectivity index (χ3v) is 2.08. The van der Waals surface area contributed by atoms with Gasteiger partial charge >= 0.3 is 0 Å². The van der Waals surface area contributed by atoms with Gasteiger partial charge < -0.3 is 10.5 Å². The molecule has 0 aliphatic carbocycles. The number of rotatable bonds is 3. The van der Waals surface area contributed by atoms with Crippen LogP contribution in [-0.2, 0) is 6.54 Å². The number of ether oxygens (including phenoxy) is 1. The van der Waals surface area contributed by atoms with Gasteiger partial charge in [-0.05, 0) is 18.5 Å². The van der Waals surface area contributed by atoms with E-state index in [4.69, 9.17) is 22.1 Å². The standard InChI is InChI=1S/C9H10ClN5O/c1-2-15-5-6(3-13-15)16-8-7(11)4-12-9(10)14-8/h3-5H,2,11H2,1H3. The lowest BCUT2D eigenvalue weighted by atomic mass is 10.5. The number of aryl methyl sites for hydroxylation is 1. The van der Waals surface area contributed by atoms with Crippen LogP contribution < -0.4 is 10.5 Å². The van der Waals surface area contributed by atoms with Crippen molar-refractivity contribution >= 4 is 17.3 Å². The van der Waals surface area contributed by atoms with Crippen LogP contribution in [0.4, 0.5) is 5.69 Å². The van der Waals surface area contributed by atoms with Gasteiger partial charge in [-0.25, -0.2) is 4.98 Å². The minimum Gasteiger partial charge on any atom is -0.434 e. The normalized spacial score (nSPS) is 10.4. The number of nitrogens with zero attached hydrogens (tertiary/aromatic N) is 4. The molecule has 7 heteroatoms. The van der Waals surface area contributed by atoms with Gasteiger partial charge in [-0.1, -0.05) is 0 Å². The van der Waals surface area contributed by atoms with E-state index in [1.54, 1.807) is 17.1 Å². The second kappa shape index (κ2) is 4.36. The lowest BCUT2D eigenvalue weighted by molar-refractivity contribution is 0.463.